The zero-order valence-electron chi connectivity index (χ0n) is 16.4. The SMILES string of the molecule is COc1cc(-n2cnnn2)c(Cl)cc1C(=O)NC(C)c1ccc2c(c1)CCCC2. The molecule has 0 saturated heterocycles. The molecular weight excluding hydrogens is 390 g/mol. The zero-order valence-corrected chi connectivity index (χ0v) is 17.1. The van der Waals surface area contributed by atoms with E-state index in [4.69, 9.17) is 16.3 Å². The number of methoxy groups -OCH3 is 1. The Kier molecular flexibility index (Phi) is 5.49. The van der Waals surface area contributed by atoms with Crippen molar-refractivity contribution in [3.05, 3.63) is 63.9 Å². The van der Waals surface area contributed by atoms with Gasteiger partial charge in [-0.15, -0.1) is 5.10 Å². The number of aromatic nitrogens is 4. The van der Waals surface area contributed by atoms with Gasteiger partial charge in [-0.25, -0.2) is 0 Å². The zero-order chi connectivity index (χ0) is 20.4. The summed E-state index contributed by atoms with van der Waals surface area (Å²) in [5.74, 6) is 0.146. The van der Waals surface area contributed by atoms with E-state index in [9.17, 15) is 4.79 Å². The van der Waals surface area contributed by atoms with Gasteiger partial charge in [-0.05, 0) is 65.8 Å². The first-order valence-corrected chi connectivity index (χ1v) is 9.98. The Labute approximate surface area is 174 Å². The van der Waals surface area contributed by atoms with Crippen molar-refractivity contribution in [3.63, 3.8) is 0 Å². The average molecular weight is 412 g/mol. The van der Waals surface area contributed by atoms with Crippen LogP contribution in [0.3, 0.4) is 0 Å². The number of amides is 1. The van der Waals surface area contributed by atoms with Gasteiger partial charge in [0.2, 0.25) is 0 Å². The van der Waals surface area contributed by atoms with Gasteiger partial charge in [0.1, 0.15) is 12.1 Å². The van der Waals surface area contributed by atoms with Crippen molar-refractivity contribution in [2.45, 2.75) is 38.6 Å². The molecular formula is C21H22ClN5O2. The quantitative estimate of drug-likeness (QED) is 0.692. The number of hydrogen-bond acceptors (Lipinski definition) is 5. The Morgan fingerprint density at radius 3 is 2.72 bits per heavy atom. The molecule has 1 atom stereocenters. The Morgan fingerprint density at radius 2 is 2.00 bits per heavy atom. The van der Waals surface area contributed by atoms with Gasteiger partial charge in [0.25, 0.3) is 5.91 Å². The summed E-state index contributed by atoms with van der Waals surface area (Å²) in [6.45, 7) is 1.98. The normalized spacial score (nSPS) is 14.2. The van der Waals surface area contributed by atoms with Crippen molar-refractivity contribution < 1.29 is 9.53 Å². The molecule has 29 heavy (non-hydrogen) atoms. The van der Waals surface area contributed by atoms with E-state index in [1.807, 2.05) is 6.92 Å². The molecule has 1 unspecified atom stereocenters. The van der Waals surface area contributed by atoms with Crippen molar-refractivity contribution in [2.24, 2.45) is 0 Å². The molecule has 0 bridgehead atoms. The Morgan fingerprint density at radius 1 is 1.21 bits per heavy atom. The molecule has 0 fully saturated rings. The summed E-state index contributed by atoms with van der Waals surface area (Å²) in [5, 5.41) is 14.5. The molecule has 1 heterocycles. The summed E-state index contributed by atoms with van der Waals surface area (Å²) < 4.78 is 6.84. The largest absolute Gasteiger partial charge is 0.496 e. The van der Waals surface area contributed by atoms with Gasteiger partial charge in [0, 0.05) is 6.07 Å². The highest BCUT2D eigenvalue weighted by molar-refractivity contribution is 6.33. The van der Waals surface area contributed by atoms with Crippen LogP contribution in [-0.4, -0.2) is 33.2 Å². The predicted octanol–water partition coefficient (Wildman–Crippen LogP) is 3.69. The molecule has 1 aliphatic carbocycles. The molecule has 2 aromatic carbocycles. The third-order valence-electron chi connectivity index (χ3n) is 5.33. The second kappa shape index (κ2) is 8.21. The van der Waals surface area contributed by atoms with Gasteiger partial charge in [-0.1, -0.05) is 29.8 Å². The molecule has 0 radical (unpaired) electrons. The van der Waals surface area contributed by atoms with Crippen LogP contribution in [-0.2, 0) is 12.8 Å². The van der Waals surface area contributed by atoms with Gasteiger partial charge < -0.3 is 10.1 Å². The number of nitrogens with one attached hydrogen (secondary N) is 1. The maximum atomic E-state index is 13.0. The minimum Gasteiger partial charge on any atom is -0.496 e. The van der Waals surface area contributed by atoms with Gasteiger partial charge in [0.15, 0.2) is 0 Å². The average Bonchev–Trinajstić information content (AvgIpc) is 3.27. The van der Waals surface area contributed by atoms with E-state index in [0.29, 0.717) is 22.0 Å². The fraction of sp³-hybridized carbons (Fsp3) is 0.333. The number of carbonyl (C=O) groups excluding carboxylic acids is 1. The van der Waals surface area contributed by atoms with Crippen LogP contribution in [0.25, 0.3) is 5.69 Å². The van der Waals surface area contributed by atoms with Crippen LogP contribution in [0.4, 0.5) is 0 Å². The number of hydrogen-bond donors (Lipinski definition) is 1. The molecule has 1 aromatic heterocycles. The highest BCUT2D eigenvalue weighted by Gasteiger charge is 2.20. The lowest BCUT2D eigenvalue weighted by Crippen LogP contribution is -2.27. The lowest BCUT2D eigenvalue weighted by Gasteiger charge is -2.20. The fourth-order valence-corrected chi connectivity index (χ4v) is 3.97. The first-order valence-electron chi connectivity index (χ1n) is 9.60. The van der Waals surface area contributed by atoms with E-state index in [1.54, 1.807) is 12.1 Å². The number of nitrogens with zero attached hydrogens (tertiary/aromatic N) is 4. The first kappa shape index (κ1) is 19.4. The molecule has 4 rings (SSSR count). The van der Waals surface area contributed by atoms with Crippen molar-refractivity contribution in [2.75, 3.05) is 7.11 Å². The van der Waals surface area contributed by atoms with E-state index in [-0.39, 0.29) is 11.9 Å². The first-order chi connectivity index (χ1) is 14.1. The summed E-state index contributed by atoms with van der Waals surface area (Å²) >= 11 is 6.37. The molecule has 0 saturated carbocycles. The number of ether oxygens (including phenoxy) is 1. The Bertz CT molecular complexity index is 1040. The number of rotatable bonds is 5. The van der Waals surface area contributed by atoms with E-state index in [0.717, 1.165) is 18.4 Å². The summed E-state index contributed by atoms with van der Waals surface area (Å²) in [7, 11) is 1.51. The number of fused-ring (bicyclic) bond motifs is 1. The van der Waals surface area contributed by atoms with Crippen LogP contribution in [0.5, 0.6) is 5.75 Å². The van der Waals surface area contributed by atoms with E-state index in [1.165, 1.54) is 42.1 Å². The van der Waals surface area contributed by atoms with E-state index in [2.05, 4.69) is 39.0 Å². The highest BCUT2D eigenvalue weighted by Crippen LogP contribution is 2.30. The van der Waals surface area contributed by atoms with Crippen molar-refractivity contribution in [1.82, 2.24) is 25.5 Å². The third-order valence-corrected chi connectivity index (χ3v) is 5.63. The lowest BCUT2D eigenvalue weighted by molar-refractivity contribution is 0.0937. The lowest BCUT2D eigenvalue weighted by atomic mass is 9.89. The molecule has 3 aromatic rings. The van der Waals surface area contributed by atoms with Crippen molar-refractivity contribution in [1.29, 1.82) is 0 Å². The summed E-state index contributed by atoms with van der Waals surface area (Å²) in [5.41, 5.74) is 4.80. The second-order valence-electron chi connectivity index (χ2n) is 7.19. The predicted molar refractivity (Wildman–Crippen MR) is 110 cm³/mol. The summed E-state index contributed by atoms with van der Waals surface area (Å²) in [4.78, 5) is 13.0. The van der Waals surface area contributed by atoms with Gasteiger partial charge in [-0.3, -0.25) is 4.79 Å². The molecule has 0 spiro atoms. The smallest absolute Gasteiger partial charge is 0.255 e. The molecule has 150 valence electrons. The maximum Gasteiger partial charge on any atom is 0.255 e. The maximum absolute atomic E-state index is 13.0. The van der Waals surface area contributed by atoms with Crippen molar-refractivity contribution >= 4 is 17.5 Å². The monoisotopic (exact) mass is 411 g/mol. The van der Waals surface area contributed by atoms with Crippen LogP contribution in [0.15, 0.2) is 36.7 Å². The number of halogens is 1. The van der Waals surface area contributed by atoms with E-state index >= 15 is 0 Å². The van der Waals surface area contributed by atoms with Gasteiger partial charge in [0.05, 0.1) is 29.4 Å². The highest BCUT2D eigenvalue weighted by atomic mass is 35.5. The van der Waals surface area contributed by atoms with E-state index < -0.39 is 0 Å². The van der Waals surface area contributed by atoms with Gasteiger partial charge in [-0.2, -0.15) is 4.68 Å². The molecule has 1 aliphatic rings. The summed E-state index contributed by atoms with van der Waals surface area (Å²) in [6, 6.07) is 9.58. The number of aryl methyl sites for hydroxylation is 2. The van der Waals surface area contributed by atoms with Crippen molar-refractivity contribution in [3.8, 4) is 11.4 Å². The fourth-order valence-electron chi connectivity index (χ4n) is 3.72. The minimum atomic E-state index is -0.253. The second-order valence-corrected chi connectivity index (χ2v) is 7.60. The molecule has 8 heteroatoms. The van der Waals surface area contributed by atoms with Crippen LogP contribution in [0, 0.1) is 0 Å². The Balaban J connectivity index is 1.57. The standard InChI is InChI=1S/C21H22ClN5O2/c1-13(15-8-7-14-5-3-4-6-16(14)9-15)24-21(28)17-10-18(22)19(11-20(17)29-2)27-12-23-25-26-27/h7-13H,3-6H2,1-2H3,(H,24,28). The van der Waals surface area contributed by atoms with Crippen LogP contribution < -0.4 is 10.1 Å². The molecule has 7 nitrogen and oxygen atoms in total. The van der Waals surface area contributed by atoms with Crippen LogP contribution in [0.2, 0.25) is 5.02 Å². The topological polar surface area (TPSA) is 81.9 Å². The number of carbonyl (C=O) groups is 1. The summed E-state index contributed by atoms with van der Waals surface area (Å²) in [6.07, 6.45) is 6.14. The number of tetrazole rings is 1. The molecule has 1 N–H and O–H groups in total. The third kappa shape index (κ3) is 3.96. The molecule has 1 amide bonds. The number of benzene rings is 2. The minimum absolute atomic E-state index is 0.141. The van der Waals surface area contributed by atoms with Gasteiger partial charge >= 0.3 is 0 Å². The molecule has 0 aliphatic heterocycles. The van der Waals surface area contributed by atoms with Crippen LogP contribution in [0.1, 0.15) is 52.9 Å². The Hall–Kier alpha value is -2.93. The van der Waals surface area contributed by atoms with Crippen LogP contribution >= 0.6 is 11.6 Å².